The number of hydrogen-bond donors (Lipinski definition) is 1. The Morgan fingerprint density at radius 1 is 1.50 bits per heavy atom. The van der Waals surface area contributed by atoms with Crippen LogP contribution in [0.2, 0.25) is 0 Å². The quantitative estimate of drug-likeness (QED) is 0.468. The molecule has 0 rings (SSSR count). The molecule has 0 saturated heterocycles. The van der Waals surface area contributed by atoms with E-state index >= 15 is 0 Å². The van der Waals surface area contributed by atoms with Gasteiger partial charge < -0.3 is 4.74 Å². The number of carbonyl (C=O) groups is 1. The van der Waals surface area contributed by atoms with Crippen LogP contribution in [0, 0.1) is 0 Å². The molecule has 3 heteroatoms. The van der Waals surface area contributed by atoms with Crippen LogP contribution in [0.4, 0.5) is 0 Å². The molecule has 0 amide bonds. The van der Waals surface area contributed by atoms with Crippen LogP contribution in [0.15, 0.2) is 0 Å². The van der Waals surface area contributed by atoms with Crippen molar-refractivity contribution in [2.45, 2.75) is 38.5 Å². The van der Waals surface area contributed by atoms with Gasteiger partial charge in [0, 0.05) is 0 Å². The Kier molecular flexibility index (Phi) is 3.22. The van der Waals surface area contributed by atoms with Crippen molar-refractivity contribution in [3.05, 3.63) is 0 Å². The van der Waals surface area contributed by atoms with Crippen molar-refractivity contribution in [2.24, 2.45) is 0 Å². The average Bonchev–Trinajstić information content (AvgIpc) is 1.60. The summed E-state index contributed by atoms with van der Waals surface area (Å²) in [5, 5.41) is -0.334. The largest absolute Gasteiger partial charge is 0.459 e. The van der Waals surface area contributed by atoms with Gasteiger partial charge in [0.25, 0.3) is 0 Å². The van der Waals surface area contributed by atoms with Gasteiger partial charge in [-0.15, -0.1) is 0 Å². The van der Waals surface area contributed by atoms with Gasteiger partial charge in [-0.05, 0) is 27.7 Å². The molecule has 0 aromatic carbocycles. The zero-order valence-corrected chi connectivity index (χ0v) is 7.74. The maximum Gasteiger partial charge on any atom is 0.319 e. The molecule has 0 fully saturated rings. The number of ether oxygens (including phenoxy) is 1. The first kappa shape index (κ1) is 9.82. The molecule has 0 N–H and O–H groups in total. The summed E-state index contributed by atoms with van der Waals surface area (Å²) in [5.74, 6) is -0.268. The van der Waals surface area contributed by atoms with Crippen molar-refractivity contribution >= 4 is 18.6 Å². The Labute approximate surface area is 67.4 Å². The van der Waals surface area contributed by atoms with Crippen LogP contribution in [0.3, 0.4) is 0 Å². The van der Waals surface area contributed by atoms with Crippen LogP contribution in [-0.4, -0.2) is 16.8 Å². The summed E-state index contributed by atoms with van der Waals surface area (Å²) < 4.78 is 4.98. The van der Waals surface area contributed by atoms with E-state index in [1.54, 1.807) is 6.92 Å². The maximum absolute atomic E-state index is 10.9. The van der Waals surface area contributed by atoms with Gasteiger partial charge in [-0.2, -0.15) is 12.6 Å². The van der Waals surface area contributed by atoms with E-state index in [-0.39, 0.29) is 11.2 Å². The molecule has 2 nitrogen and oxygen atoms in total. The summed E-state index contributed by atoms with van der Waals surface area (Å²) in [6, 6.07) is 0. The summed E-state index contributed by atoms with van der Waals surface area (Å²) in [6.07, 6.45) is 0. The normalized spacial score (nSPS) is 14.5. The third kappa shape index (κ3) is 4.68. The third-order valence-corrected chi connectivity index (χ3v) is 0.959. The first-order chi connectivity index (χ1) is 4.33. The monoisotopic (exact) mass is 162 g/mol. The number of rotatable bonds is 1. The van der Waals surface area contributed by atoms with Crippen molar-refractivity contribution in [1.29, 1.82) is 0 Å². The molecule has 0 spiro atoms. The van der Waals surface area contributed by atoms with Crippen molar-refractivity contribution in [3.8, 4) is 0 Å². The van der Waals surface area contributed by atoms with E-state index in [4.69, 9.17) is 4.74 Å². The number of hydrogen-bond acceptors (Lipinski definition) is 3. The zero-order valence-electron chi connectivity index (χ0n) is 6.84. The van der Waals surface area contributed by atoms with Gasteiger partial charge in [0.05, 0.1) is 5.25 Å². The highest BCUT2D eigenvalue weighted by Gasteiger charge is 2.18. The van der Waals surface area contributed by atoms with Crippen LogP contribution >= 0.6 is 12.6 Å². The van der Waals surface area contributed by atoms with E-state index in [1.807, 2.05) is 20.8 Å². The zero-order chi connectivity index (χ0) is 8.36. The Morgan fingerprint density at radius 2 is 1.90 bits per heavy atom. The summed E-state index contributed by atoms with van der Waals surface area (Å²) >= 11 is 3.93. The highest BCUT2D eigenvalue weighted by atomic mass is 32.1. The Balaban J connectivity index is 3.81. The van der Waals surface area contributed by atoms with E-state index < -0.39 is 5.60 Å². The smallest absolute Gasteiger partial charge is 0.319 e. The van der Waals surface area contributed by atoms with E-state index in [0.29, 0.717) is 0 Å². The number of carbonyl (C=O) groups excluding carboxylic acids is 1. The fourth-order valence-corrected chi connectivity index (χ4v) is 0.440. The molecule has 0 aliphatic rings. The summed E-state index contributed by atoms with van der Waals surface area (Å²) in [6.45, 7) is 7.19. The van der Waals surface area contributed by atoms with Crippen molar-refractivity contribution in [1.82, 2.24) is 0 Å². The molecule has 0 unspecified atom stereocenters. The van der Waals surface area contributed by atoms with E-state index in [2.05, 4.69) is 12.6 Å². The second-order valence-electron chi connectivity index (χ2n) is 3.21. The highest BCUT2D eigenvalue weighted by Crippen LogP contribution is 2.09. The van der Waals surface area contributed by atoms with Gasteiger partial charge in [-0.25, -0.2) is 0 Å². The SMILES string of the molecule is C[C@@H](S)C(=O)OC(C)(C)C. The van der Waals surface area contributed by atoms with E-state index in [1.165, 1.54) is 0 Å². The lowest BCUT2D eigenvalue weighted by atomic mass is 10.2. The molecule has 0 bridgehead atoms. The first-order valence-corrected chi connectivity index (χ1v) is 3.75. The number of esters is 1. The summed E-state index contributed by atoms with van der Waals surface area (Å²) in [4.78, 5) is 10.9. The lowest BCUT2D eigenvalue weighted by molar-refractivity contribution is -0.153. The lowest BCUT2D eigenvalue weighted by Crippen LogP contribution is -2.27. The standard InChI is InChI=1S/C7H14O2S/c1-5(10)6(8)9-7(2,3)4/h5,10H,1-4H3/t5-/m1/s1. The molecular formula is C7H14O2S. The molecule has 0 aliphatic carbocycles. The van der Waals surface area contributed by atoms with Gasteiger partial charge >= 0.3 is 5.97 Å². The summed E-state index contributed by atoms with van der Waals surface area (Å²) in [5.41, 5.74) is -0.395. The molecule has 10 heavy (non-hydrogen) atoms. The molecule has 0 aromatic heterocycles. The Morgan fingerprint density at radius 3 is 2.00 bits per heavy atom. The van der Waals surface area contributed by atoms with Crippen LogP contribution in [0.5, 0.6) is 0 Å². The second kappa shape index (κ2) is 3.28. The fraction of sp³-hybridized carbons (Fsp3) is 0.857. The Hall–Kier alpha value is -0.180. The Bertz CT molecular complexity index is 124. The molecule has 1 atom stereocenters. The van der Waals surface area contributed by atoms with Crippen molar-refractivity contribution in [3.63, 3.8) is 0 Å². The summed E-state index contributed by atoms with van der Waals surface area (Å²) in [7, 11) is 0. The van der Waals surface area contributed by atoms with Crippen LogP contribution in [0.1, 0.15) is 27.7 Å². The van der Waals surface area contributed by atoms with E-state index in [9.17, 15) is 4.79 Å². The van der Waals surface area contributed by atoms with Crippen molar-refractivity contribution < 1.29 is 9.53 Å². The van der Waals surface area contributed by atoms with Gasteiger partial charge in [-0.1, -0.05) is 0 Å². The minimum atomic E-state index is -0.395. The molecular weight excluding hydrogens is 148 g/mol. The topological polar surface area (TPSA) is 26.3 Å². The average molecular weight is 162 g/mol. The lowest BCUT2D eigenvalue weighted by Gasteiger charge is -2.20. The fourth-order valence-electron chi connectivity index (χ4n) is 0.387. The molecule has 0 heterocycles. The molecule has 0 saturated carbocycles. The van der Waals surface area contributed by atoms with Gasteiger partial charge in [-0.3, -0.25) is 4.79 Å². The first-order valence-electron chi connectivity index (χ1n) is 3.24. The van der Waals surface area contributed by atoms with Gasteiger partial charge in [0.15, 0.2) is 0 Å². The second-order valence-corrected chi connectivity index (χ2v) is 3.98. The maximum atomic E-state index is 10.9. The van der Waals surface area contributed by atoms with Gasteiger partial charge in [0.2, 0.25) is 0 Å². The minimum Gasteiger partial charge on any atom is -0.459 e. The predicted molar refractivity (Wildman–Crippen MR) is 44.3 cm³/mol. The molecule has 60 valence electrons. The number of thiol groups is 1. The minimum absolute atomic E-state index is 0.268. The van der Waals surface area contributed by atoms with Crippen molar-refractivity contribution in [2.75, 3.05) is 0 Å². The van der Waals surface area contributed by atoms with Crippen LogP contribution in [-0.2, 0) is 9.53 Å². The molecule has 0 aliphatic heterocycles. The highest BCUT2D eigenvalue weighted by molar-refractivity contribution is 7.81. The van der Waals surface area contributed by atoms with Crippen LogP contribution in [0.25, 0.3) is 0 Å². The predicted octanol–water partition coefficient (Wildman–Crippen LogP) is 1.65. The molecule has 0 aromatic rings. The van der Waals surface area contributed by atoms with Crippen LogP contribution < -0.4 is 0 Å². The van der Waals surface area contributed by atoms with Gasteiger partial charge in [0.1, 0.15) is 5.60 Å². The third-order valence-electron chi connectivity index (χ3n) is 0.748. The molecule has 0 radical (unpaired) electrons. The van der Waals surface area contributed by atoms with E-state index in [0.717, 1.165) is 0 Å².